The first kappa shape index (κ1) is 10.7. The Morgan fingerprint density at radius 3 is 3.00 bits per heavy atom. The number of halogens is 1. The number of carbonyl (C=O) groups excluding carboxylic acids is 1. The van der Waals surface area contributed by atoms with Gasteiger partial charge in [0.25, 0.3) is 0 Å². The van der Waals surface area contributed by atoms with Crippen molar-refractivity contribution in [1.29, 1.82) is 0 Å². The van der Waals surface area contributed by atoms with Gasteiger partial charge in [-0.05, 0) is 25.2 Å². The predicted octanol–water partition coefficient (Wildman–Crippen LogP) is 1.87. The highest BCUT2D eigenvalue weighted by molar-refractivity contribution is 6.00. The summed E-state index contributed by atoms with van der Waals surface area (Å²) < 4.78 is 19.0. The van der Waals surface area contributed by atoms with Gasteiger partial charge in [0.2, 0.25) is 0 Å². The Labute approximate surface area is 99.2 Å². The Morgan fingerprint density at radius 1 is 1.47 bits per heavy atom. The van der Waals surface area contributed by atoms with E-state index >= 15 is 0 Å². The van der Waals surface area contributed by atoms with Gasteiger partial charge in [-0.15, -0.1) is 0 Å². The summed E-state index contributed by atoms with van der Waals surface area (Å²) in [5.41, 5.74) is -0.0124. The van der Waals surface area contributed by atoms with Crippen molar-refractivity contribution in [2.45, 2.75) is 18.4 Å². The van der Waals surface area contributed by atoms with E-state index in [-0.39, 0.29) is 11.6 Å². The number of benzene rings is 1. The maximum atomic E-state index is 13.1. The van der Waals surface area contributed by atoms with Gasteiger partial charge in [-0.2, -0.15) is 0 Å². The van der Waals surface area contributed by atoms with Crippen LogP contribution in [0.25, 0.3) is 0 Å². The van der Waals surface area contributed by atoms with Gasteiger partial charge in [-0.25, -0.2) is 4.39 Å². The molecule has 2 heterocycles. The normalized spacial score (nSPS) is 28.2. The molecule has 1 spiro atoms. The lowest BCUT2D eigenvalue weighted by molar-refractivity contribution is 0.0474. The van der Waals surface area contributed by atoms with E-state index in [9.17, 15) is 9.18 Å². The number of nitrogens with zero attached hydrogens (tertiary/aromatic N) is 1. The lowest BCUT2D eigenvalue weighted by atomic mass is 9.89. The van der Waals surface area contributed by atoms with Crippen LogP contribution in [0, 0.1) is 5.82 Å². The van der Waals surface area contributed by atoms with Crippen LogP contribution in [0.1, 0.15) is 23.2 Å². The van der Waals surface area contributed by atoms with Crippen molar-refractivity contribution in [3.05, 3.63) is 29.6 Å². The molecule has 1 unspecified atom stereocenters. The van der Waals surface area contributed by atoms with Crippen LogP contribution in [-0.2, 0) is 0 Å². The van der Waals surface area contributed by atoms with E-state index in [1.807, 2.05) is 7.05 Å². The number of likely N-dealkylation sites (N-methyl/N-ethyl adjacent to an activating group) is 1. The average molecular weight is 235 g/mol. The minimum atomic E-state index is -0.392. The van der Waals surface area contributed by atoms with Crippen LogP contribution >= 0.6 is 0 Å². The number of likely N-dealkylation sites (tertiary alicyclic amines) is 1. The molecule has 1 fully saturated rings. The molecular weight excluding hydrogens is 221 g/mol. The number of Topliss-reactive ketones (excluding diaryl/α,β-unsaturated/α-hetero) is 1. The number of hydrogen-bond donors (Lipinski definition) is 0. The zero-order chi connectivity index (χ0) is 12.0. The van der Waals surface area contributed by atoms with Gasteiger partial charge in [0.05, 0.1) is 12.0 Å². The Bertz CT molecular complexity index is 488. The van der Waals surface area contributed by atoms with Crippen LogP contribution in [0.15, 0.2) is 18.2 Å². The Morgan fingerprint density at radius 2 is 2.29 bits per heavy atom. The highest BCUT2D eigenvalue weighted by Gasteiger charge is 2.44. The lowest BCUT2D eigenvalue weighted by Crippen LogP contribution is -2.44. The maximum Gasteiger partial charge on any atom is 0.170 e. The van der Waals surface area contributed by atoms with E-state index < -0.39 is 5.60 Å². The molecule has 90 valence electrons. The van der Waals surface area contributed by atoms with Gasteiger partial charge >= 0.3 is 0 Å². The van der Waals surface area contributed by atoms with Crippen LogP contribution in [0.5, 0.6) is 5.75 Å². The Balaban J connectivity index is 1.98. The quantitative estimate of drug-likeness (QED) is 0.687. The summed E-state index contributed by atoms with van der Waals surface area (Å²) in [6.45, 7) is 1.69. The molecule has 0 aromatic heterocycles. The van der Waals surface area contributed by atoms with Crippen LogP contribution < -0.4 is 4.74 Å². The van der Waals surface area contributed by atoms with E-state index in [0.29, 0.717) is 17.7 Å². The monoisotopic (exact) mass is 235 g/mol. The second-order valence-corrected chi connectivity index (χ2v) is 5.01. The molecule has 2 aliphatic heterocycles. The summed E-state index contributed by atoms with van der Waals surface area (Å²) in [5, 5.41) is 0. The second kappa shape index (κ2) is 3.53. The molecule has 0 N–H and O–H groups in total. The topological polar surface area (TPSA) is 29.5 Å². The summed E-state index contributed by atoms with van der Waals surface area (Å²) in [6, 6.07) is 4.16. The van der Waals surface area contributed by atoms with E-state index in [2.05, 4.69) is 4.90 Å². The highest BCUT2D eigenvalue weighted by atomic mass is 19.1. The molecule has 1 aromatic rings. The Kier molecular flexibility index (Phi) is 2.23. The van der Waals surface area contributed by atoms with E-state index in [4.69, 9.17) is 4.74 Å². The molecule has 3 nitrogen and oxygen atoms in total. The number of carbonyl (C=O) groups is 1. The lowest BCUT2D eigenvalue weighted by Gasteiger charge is -2.34. The molecule has 0 radical (unpaired) electrons. The summed E-state index contributed by atoms with van der Waals surface area (Å²) in [5.74, 6) is 0.124. The van der Waals surface area contributed by atoms with Crippen LogP contribution in [-0.4, -0.2) is 36.4 Å². The fourth-order valence-electron chi connectivity index (χ4n) is 2.74. The largest absolute Gasteiger partial charge is 0.485 e. The van der Waals surface area contributed by atoms with E-state index in [0.717, 1.165) is 19.5 Å². The Hall–Kier alpha value is -1.42. The van der Waals surface area contributed by atoms with E-state index in [1.54, 1.807) is 6.07 Å². The zero-order valence-electron chi connectivity index (χ0n) is 9.70. The van der Waals surface area contributed by atoms with Gasteiger partial charge in [0.1, 0.15) is 17.2 Å². The standard InChI is InChI=1S/C13H14FNO2/c1-15-5-4-13(8-15)7-11(16)10-6-9(14)2-3-12(10)17-13/h2-3,6H,4-5,7-8H2,1H3. The summed E-state index contributed by atoms with van der Waals surface area (Å²) >= 11 is 0. The van der Waals surface area contributed by atoms with Gasteiger partial charge in [0, 0.05) is 19.5 Å². The number of rotatable bonds is 0. The first-order valence-electron chi connectivity index (χ1n) is 5.78. The molecule has 1 saturated heterocycles. The first-order chi connectivity index (χ1) is 8.08. The molecular formula is C13H14FNO2. The molecule has 2 aliphatic rings. The minimum Gasteiger partial charge on any atom is -0.485 e. The third kappa shape index (κ3) is 1.72. The van der Waals surface area contributed by atoms with Gasteiger partial charge in [-0.3, -0.25) is 4.79 Å². The van der Waals surface area contributed by atoms with Crippen molar-refractivity contribution < 1.29 is 13.9 Å². The smallest absolute Gasteiger partial charge is 0.170 e. The molecule has 1 aromatic carbocycles. The maximum absolute atomic E-state index is 13.1. The molecule has 0 bridgehead atoms. The first-order valence-corrected chi connectivity index (χ1v) is 5.78. The summed E-state index contributed by atoms with van der Waals surface area (Å²) in [7, 11) is 2.02. The summed E-state index contributed by atoms with van der Waals surface area (Å²) in [6.07, 6.45) is 1.21. The highest BCUT2D eigenvalue weighted by Crippen LogP contribution is 2.38. The van der Waals surface area contributed by atoms with Crippen LogP contribution in [0.2, 0.25) is 0 Å². The fraction of sp³-hybridized carbons (Fsp3) is 0.462. The van der Waals surface area contributed by atoms with Crippen molar-refractivity contribution in [1.82, 2.24) is 4.90 Å². The van der Waals surface area contributed by atoms with Gasteiger partial charge < -0.3 is 9.64 Å². The van der Waals surface area contributed by atoms with E-state index in [1.165, 1.54) is 12.1 Å². The number of ketones is 1. The fourth-order valence-corrected chi connectivity index (χ4v) is 2.74. The molecule has 17 heavy (non-hydrogen) atoms. The average Bonchev–Trinajstić information content (AvgIpc) is 2.61. The molecule has 0 aliphatic carbocycles. The van der Waals surface area contributed by atoms with Crippen molar-refractivity contribution in [2.75, 3.05) is 20.1 Å². The minimum absolute atomic E-state index is 0.0129. The molecule has 0 saturated carbocycles. The third-order valence-corrected chi connectivity index (χ3v) is 3.56. The van der Waals surface area contributed by atoms with Crippen molar-refractivity contribution in [3.8, 4) is 5.75 Å². The summed E-state index contributed by atoms with van der Waals surface area (Å²) in [4.78, 5) is 14.2. The van der Waals surface area contributed by atoms with Gasteiger partial charge in [0.15, 0.2) is 5.78 Å². The zero-order valence-corrected chi connectivity index (χ0v) is 9.70. The second-order valence-electron chi connectivity index (χ2n) is 5.01. The molecule has 3 rings (SSSR count). The predicted molar refractivity (Wildman–Crippen MR) is 60.8 cm³/mol. The van der Waals surface area contributed by atoms with Crippen molar-refractivity contribution in [3.63, 3.8) is 0 Å². The SMILES string of the molecule is CN1CCC2(CC(=O)c3cc(F)ccc3O2)C1. The van der Waals surface area contributed by atoms with Gasteiger partial charge in [-0.1, -0.05) is 0 Å². The molecule has 1 atom stereocenters. The molecule has 0 amide bonds. The number of fused-ring (bicyclic) bond motifs is 1. The van der Waals surface area contributed by atoms with Crippen molar-refractivity contribution in [2.24, 2.45) is 0 Å². The van der Waals surface area contributed by atoms with Crippen LogP contribution in [0.3, 0.4) is 0 Å². The van der Waals surface area contributed by atoms with Crippen LogP contribution in [0.4, 0.5) is 4.39 Å². The number of hydrogen-bond acceptors (Lipinski definition) is 3. The van der Waals surface area contributed by atoms with Crippen molar-refractivity contribution >= 4 is 5.78 Å². The molecule has 4 heteroatoms. The number of ether oxygens (including phenoxy) is 1. The third-order valence-electron chi connectivity index (χ3n) is 3.56.